The van der Waals surface area contributed by atoms with Crippen LogP contribution >= 0.6 is 58.0 Å². The van der Waals surface area contributed by atoms with Crippen molar-refractivity contribution in [3.8, 4) is 0 Å². The van der Waals surface area contributed by atoms with Crippen LogP contribution < -0.4 is 0 Å². The van der Waals surface area contributed by atoms with Gasteiger partial charge < -0.3 is 0 Å². The first-order valence-electron chi connectivity index (χ1n) is 2.19. The summed E-state index contributed by atoms with van der Waals surface area (Å²) in [5, 5.41) is -0.159. The molecule has 0 bridgehead atoms. The molecule has 0 fully saturated rings. The van der Waals surface area contributed by atoms with Crippen LogP contribution in [0, 0.1) is 0 Å². The highest BCUT2D eigenvalue weighted by molar-refractivity contribution is 6.47. The summed E-state index contributed by atoms with van der Waals surface area (Å²) >= 11 is 27.1. The second-order valence-electron chi connectivity index (χ2n) is 1.35. The zero-order chi connectivity index (χ0) is 8.15. The maximum atomic E-state index is 5.61. The SMILES string of the molecule is Cl/C=C(\Cl)C(Cl)/C(Cl)=C/Cl. The van der Waals surface area contributed by atoms with Crippen molar-refractivity contribution in [2.24, 2.45) is 0 Å². The summed E-state index contributed by atoms with van der Waals surface area (Å²) < 4.78 is 0. The third-order valence-corrected chi connectivity index (χ3v) is 2.73. The summed E-state index contributed by atoms with van der Waals surface area (Å²) in [7, 11) is 0. The van der Waals surface area contributed by atoms with E-state index in [1.165, 1.54) is 0 Å². The number of halogens is 5. The fourth-order valence-electron chi connectivity index (χ4n) is 0.242. The van der Waals surface area contributed by atoms with Gasteiger partial charge in [0.1, 0.15) is 5.38 Å². The first-order chi connectivity index (χ1) is 4.63. The summed E-state index contributed by atoms with van der Waals surface area (Å²) in [6, 6.07) is 0. The van der Waals surface area contributed by atoms with Gasteiger partial charge in [0.15, 0.2) is 0 Å². The topological polar surface area (TPSA) is 0 Å². The molecule has 0 aliphatic heterocycles. The van der Waals surface area contributed by atoms with E-state index >= 15 is 0 Å². The van der Waals surface area contributed by atoms with Gasteiger partial charge in [-0.25, -0.2) is 0 Å². The molecule has 0 aromatic heterocycles. The highest BCUT2D eigenvalue weighted by atomic mass is 35.5. The molecule has 0 saturated carbocycles. The number of allylic oxidation sites excluding steroid dienone is 2. The Morgan fingerprint density at radius 3 is 1.50 bits per heavy atom. The van der Waals surface area contributed by atoms with Gasteiger partial charge in [0.25, 0.3) is 0 Å². The molecular weight excluding hydrogens is 237 g/mol. The van der Waals surface area contributed by atoms with Gasteiger partial charge in [-0.1, -0.05) is 46.4 Å². The Morgan fingerprint density at radius 2 is 1.30 bits per heavy atom. The van der Waals surface area contributed by atoms with Crippen molar-refractivity contribution in [2.45, 2.75) is 5.38 Å². The normalized spacial score (nSPS) is 17.3. The zero-order valence-electron chi connectivity index (χ0n) is 4.62. The highest BCUT2D eigenvalue weighted by Gasteiger charge is 2.11. The lowest BCUT2D eigenvalue weighted by Crippen LogP contribution is -1.96. The Bertz CT molecular complexity index is 141. The summed E-state index contributed by atoms with van der Waals surface area (Å²) in [6.07, 6.45) is 0. The molecule has 0 aliphatic rings. The predicted molar refractivity (Wildman–Crippen MR) is 49.2 cm³/mol. The third-order valence-electron chi connectivity index (χ3n) is 0.693. The van der Waals surface area contributed by atoms with Crippen molar-refractivity contribution in [3.05, 3.63) is 21.1 Å². The first-order valence-corrected chi connectivity index (χ1v) is 4.25. The molecule has 0 rings (SSSR count). The lowest BCUT2D eigenvalue weighted by atomic mass is 10.4. The third kappa shape index (κ3) is 3.36. The molecule has 0 saturated heterocycles. The molecule has 0 unspecified atom stereocenters. The molecule has 0 aromatic carbocycles. The lowest BCUT2D eigenvalue weighted by molar-refractivity contribution is 1.34. The number of hydrogen-bond acceptors (Lipinski definition) is 0. The fraction of sp³-hybridized carbons (Fsp3) is 0.200. The summed E-state index contributed by atoms with van der Waals surface area (Å²) in [6.45, 7) is 0. The molecule has 0 aromatic rings. The minimum atomic E-state index is -0.640. The number of rotatable bonds is 2. The van der Waals surface area contributed by atoms with Crippen molar-refractivity contribution in [2.75, 3.05) is 0 Å². The number of hydrogen-bond donors (Lipinski definition) is 0. The average Bonchev–Trinajstić information content (AvgIpc) is 2.00. The largest absolute Gasteiger partial charge is 0.111 e. The minimum Gasteiger partial charge on any atom is -0.111 e. The van der Waals surface area contributed by atoms with Gasteiger partial charge in [0, 0.05) is 11.1 Å². The van der Waals surface area contributed by atoms with Crippen LogP contribution in [0.4, 0.5) is 0 Å². The highest BCUT2D eigenvalue weighted by Crippen LogP contribution is 2.25. The molecule has 0 spiro atoms. The summed E-state index contributed by atoms with van der Waals surface area (Å²) in [5.74, 6) is 0. The fourth-order valence-corrected chi connectivity index (χ4v) is 1.04. The van der Waals surface area contributed by atoms with Crippen LogP contribution in [0.15, 0.2) is 21.1 Å². The van der Waals surface area contributed by atoms with Crippen molar-refractivity contribution >= 4 is 58.0 Å². The summed E-state index contributed by atoms with van der Waals surface area (Å²) in [5.41, 5.74) is 2.28. The number of alkyl halides is 1. The van der Waals surface area contributed by atoms with Gasteiger partial charge in [-0.3, -0.25) is 0 Å². The molecule has 0 N–H and O–H groups in total. The predicted octanol–water partition coefficient (Wildman–Crippen LogP) is 4.23. The molecule has 5 heteroatoms. The van der Waals surface area contributed by atoms with E-state index < -0.39 is 5.38 Å². The molecule has 0 heterocycles. The average molecular weight is 240 g/mol. The monoisotopic (exact) mass is 238 g/mol. The quantitative estimate of drug-likeness (QED) is 0.634. The van der Waals surface area contributed by atoms with Gasteiger partial charge in [-0.05, 0) is 0 Å². The van der Waals surface area contributed by atoms with E-state index in [0.29, 0.717) is 0 Å². The van der Waals surface area contributed by atoms with Crippen molar-refractivity contribution < 1.29 is 0 Å². The van der Waals surface area contributed by atoms with Crippen molar-refractivity contribution in [3.63, 3.8) is 0 Å². The molecule has 0 amide bonds. The van der Waals surface area contributed by atoms with E-state index in [0.717, 1.165) is 11.1 Å². The van der Waals surface area contributed by atoms with Gasteiger partial charge in [0.05, 0.1) is 10.1 Å². The van der Waals surface area contributed by atoms with Crippen LogP contribution in [0.3, 0.4) is 0 Å². The maximum absolute atomic E-state index is 5.61. The van der Waals surface area contributed by atoms with E-state index in [4.69, 9.17) is 58.0 Å². The minimum absolute atomic E-state index is 0.241. The molecule has 10 heavy (non-hydrogen) atoms. The van der Waals surface area contributed by atoms with Gasteiger partial charge in [-0.15, -0.1) is 11.6 Å². The van der Waals surface area contributed by atoms with E-state index in [1.807, 2.05) is 0 Å². The van der Waals surface area contributed by atoms with Crippen LogP contribution in [-0.4, -0.2) is 5.38 Å². The molecule has 58 valence electrons. The van der Waals surface area contributed by atoms with Crippen molar-refractivity contribution in [1.82, 2.24) is 0 Å². The Kier molecular flexibility index (Phi) is 6.08. The van der Waals surface area contributed by atoms with Crippen LogP contribution in [0.2, 0.25) is 0 Å². The smallest absolute Gasteiger partial charge is 0.106 e. The van der Waals surface area contributed by atoms with Crippen LogP contribution in [0.5, 0.6) is 0 Å². The second-order valence-corrected chi connectivity index (χ2v) is 3.10. The molecule has 0 nitrogen and oxygen atoms in total. The Balaban J connectivity index is 4.22. The second kappa shape index (κ2) is 5.56. The lowest BCUT2D eigenvalue weighted by Gasteiger charge is -2.03. The zero-order valence-corrected chi connectivity index (χ0v) is 8.40. The van der Waals surface area contributed by atoms with Crippen LogP contribution in [-0.2, 0) is 0 Å². The van der Waals surface area contributed by atoms with Gasteiger partial charge in [0.2, 0.25) is 0 Å². The Morgan fingerprint density at radius 1 is 1.00 bits per heavy atom. The van der Waals surface area contributed by atoms with E-state index in [9.17, 15) is 0 Å². The van der Waals surface area contributed by atoms with Crippen LogP contribution in [0.1, 0.15) is 0 Å². The first kappa shape index (κ1) is 10.9. The molecule has 0 radical (unpaired) electrons. The van der Waals surface area contributed by atoms with E-state index in [-0.39, 0.29) is 10.1 Å². The maximum Gasteiger partial charge on any atom is 0.106 e. The van der Waals surface area contributed by atoms with Crippen molar-refractivity contribution in [1.29, 1.82) is 0 Å². The van der Waals surface area contributed by atoms with E-state index in [1.54, 1.807) is 0 Å². The van der Waals surface area contributed by atoms with Gasteiger partial charge in [-0.2, -0.15) is 0 Å². The Labute approximate surface area is 84.3 Å². The Hall–Kier alpha value is 0.930. The van der Waals surface area contributed by atoms with Crippen LogP contribution in [0.25, 0.3) is 0 Å². The summed E-state index contributed by atoms with van der Waals surface area (Å²) in [4.78, 5) is 0. The molecular formula is C5H3Cl5. The standard InChI is InChI=1S/C5H3Cl5/c6-1-3(8)5(10)4(9)2-7/h1-2,5H/b3-1-,4-2-. The van der Waals surface area contributed by atoms with E-state index in [2.05, 4.69) is 0 Å². The molecule has 0 atom stereocenters. The molecule has 0 aliphatic carbocycles. The van der Waals surface area contributed by atoms with Gasteiger partial charge >= 0.3 is 0 Å².